The number of nitrogens with zero attached hydrogens (tertiary/aromatic N) is 1. The maximum absolute atomic E-state index is 14.4. The van der Waals surface area contributed by atoms with E-state index < -0.39 is 108 Å². The van der Waals surface area contributed by atoms with Crippen molar-refractivity contribution in [2.45, 2.75) is 158 Å². The van der Waals surface area contributed by atoms with Crippen molar-refractivity contribution in [2.24, 2.45) is 17.6 Å². The van der Waals surface area contributed by atoms with Gasteiger partial charge in [0.05, 0.1) is 49.2 Å². The number of allylic oxidation sites excluding steroid dienone is 3. The van der Waals surface area contributed by atoms with Crippen LogP contribution in [0.1, 0.15) is 92.1 Å². The van der Waals surface area contributed by atoms with E-state index in [0.29, 0.717) is 52.3 Å². The summed E-state index contributed by atoms with van der Waals surface area (Å²) in [6.07, 6.45) is 2.08. The van der Waals surface area contributed by atoms with Crippen molar-refractivity contribution in [3.05, 3.63) is 69.2 Å². The van der Waals surface area contributed by atoms with E-state index in [1.807, 2.05) is 19.9 Å². The summed E-state index contributed by atoms with van der Waals surface area (Å²) in [7, 11) is 4.40. The van der Waals surface area contributed by atoms with Crippen LogP contribution in [0, 0.1) is 11.8 Å². The number of nitrogens with two attached hydrogens (primary N) is 1. The fraction of sp³-hybridized carbons (Fsp3) is 0.579. The zero-order chi connectivity index (χ0) is 62.3. The van der Waals surface area contributed by atoms with Gasteiger partial charge in [0.2, 0.25) is 17.7 Å². The van der Waals surface area contributed by atoms with Gasteiger partial charge in [-0.2, -0.15) is 0 Å². The van der Waals surface area contributed by atoms with Crippen LogP contribution < -0.4 is 47.3 Å². The molecule has 7 amide bonds. The molecule has 84 heavy (non-hydrogen) atoms. The number of fused-ring (bicyclic) bond motifs is 5. The number of carbonyl (C=O) groups is 8. The van der Waals surface area contributed by atoms with Gasteiger partial charge in [0.1, 0.15) is 52.6 Å². The van der Waals surface area contributed by atoms with E-state index in [1.54, 1.807) is 52.0 Å². The van der Waals surface area contributed by atoms with E-state index in [4.69, 9.17) is 45.8 Å². The van der Waals surface area contributed by atoms with E-state index >= 15 is 0 Å². The molecule has 0 aromatic heterocycles. The molecule has 11 atom stereocenters. The van der Waals surface area contributed by atoms with Crippen LogP contribution in [0.25, 0.3) is 0 Å². The molecule has 9 N–H and O–H groups in total. The lowest BCUT2D eigenvalue weighted by Crippen LogP contribution is -2.63. The summed E-state index contributed by atoms with van der Waals surface area (Å²) >= 11 is 17.0. The third-order valence-corrected chi connectivity index (χ3v) is 17.9. The molecule has 2 saturated heterocycles. The molecule has 0 spiro atoms. The summed E-state index contributed by atoms with van der Waals surface area (Å²) in [5.74, 6) is -2.32. The van der Waals surface area contributed by atoms with Crippen LogP contribution in [0.3, 0.4) is 0 Å². The van der Waals surface area contributed by atoms with Gasteiger partial charge < -0.3 is 69.7 Å². The molecule has 3 aliphatic rings. The highest BCUT2D eigenvalue weighted by Gasteiger charge is 2.64. The Morgan fingerprint density at radius 1 is 1.04 bits per heavy atom. The summed E-state index contributed by atoms with van der Waals surface area (Å²) in [6.45, 7) is 10.9. The standard InChI is InChI=1S/C57H78Br3ClN8O15/c1-31(2)48(64-37(27-70)15-11-14-33(4)83-56(28-58,29-59)30-71)51(74)67-40(16-12-20-63-52(62)75)50(73)66-39-19-18-36(24-38(39)60)65-53(76)82-45-25-46(72)69(7)41-22-35(23-42(79-8)47(41)61)21-32(3)13-10-17-44(80-9)57(78)26-43(81-54(77)68-57)34(5)49-55(45,6)84-49/h10,13,17-19,22-24,27,30-31,33-34,37,40,43-45,48-49,64,78H,11-12,14-16,20-21,25-26,28-29H2,1-9H3,(H,65,76)(H,66,73)(H,67,74)(H,68,77)(H3,62,63,75)/b17-10+,32-13+/t33?,34-,37?,40+,43+,44-,45+,48+,49+,55+,57+/m1/s1. The van der Waals surface area contributed by atoms with Gasteiger partial charge in [-0.3, -0.25) is 30.3 Å². The van der Waals surface area contributed by atoms with Gasteiger partial charge in [0.15, 0.2) is 12.0 Å². The van der Waals surface area contributed by atoms with Crippen LogP contribution in [0.4, 0.5) is 31.4 Å². The van der Waals surface area contributed by atoms with Gasteiger partial charge in [0.25, 0.3) is 0 Å². The normalized spacial score (nSPS) is 25.2. The first kappa shape index (κ1) is 69.6. The highest BCUT2D eigenvalue weighted by Crippen LogP contribution is 2.49. The number of ether oxygens (including phenoxy) is 6. The average Bonchev–Trinajstić information content (AvgIpc) is 1.87. The van der Waals surface area contributed by atoms with Crippen molar-refractivity contribution in [2.75, 3.05) is 54.0 Å². The van der Waals surface area contributed by atoms with E-state index in [2.05, 4.69) is 79.7 Å². The van der Waals surface area contributed by atoms with Crippen molar-refractivity contribution in [3.8, 4) is 5.75 Å². The number of rotatable bonds is 25. The SMILES string of the molecule is COc1cc2cc(c1Cl)N(C)C(=O)C[C@H](OC(=O)Nc1ccc(NC(=O)[C@H](CCCNC(N)=O)NC(=O)[C@@H](NC(C=O)CCCC(C)OC(C=O)(CBr)CBr)C(C)C)c(Br)c1)[C@]1(C)O[C@H]1[C@H](C)[C@@H]1C[C@@](O)(NC(=O)O1)[C@H](OC)/C=C/C=C(\C)C2. The Bertz CT molecular complexity index is 2760. The van der Waals surface area contributed by atoms with E-state index in [0.717, 1.165) is 23.7 Å². The highest BCUT2D eigenvalue weighted by atomic mass is 79.9. The predicted octanol–water partition coefficient (Wildman–Crippen LogP) is 7.49. The Hall–Kier alpha value is -5.19. The van der Waals surface area contributed by atoms with Crippen LogP contribution in [0.2, 0.25) is 5.02 Å². The largest absolute Gasteiger partial charge is 0.495 e. The fourth-order valence-electron chi connectivity index (χ4n) is 10.1. The van der Waals surface area contributed by atoms with E-state index in [-0.39, 0.29) is 54.2 Å². The Morgan fingerprint density at radius 3 is 2.37 bits per heavy atom. The first-order chi connectivity index (χ1) is 39.7. The van der Waals surface area contributed by atoms with Crippen LogP contribution >= 0.6 is 59.4 Å². The molecule has 0 aliphatic carbocycles. The van der Waals surface area contributed by atoms with Gasteiger partial charge in [-0.15, -0.1) is 0 Å². The third-order valence-electron chi connectivity index (χ3n) is 15.0. The maximum atomic E-state index is 14.4. The molecule has 0 radical (unpaired) electrons. The molecular weight excluding hydrogens is 1310 g/mol. The Kier molecular flexibility index (Phi) is 26.1. The molecule has 3 heterocycles. The molecule has 464 valence electrons. The van der Waals surface area contributed by atoms with Crippen molar-refractivity contribution < 1.29 is 71.9 Å². The average molecular weight is 1390 g/mol. The zero-order valence-electron chi connectivity index (χ0n) is 48.5. The Balaban J connectivity index is 1.34. The number of methoxy groups -OCH3 is 2. The molecule has 0 saturated carbocycles. The number of alkyl carbamates (subject to hydrolysis) is 1. The molecule has 3 aliphatic heterocycles. The molecule has 2 aromatic rings. The lowest BCUT2D eigenvalue weighted by molar-refractivity contribution is -0.142. The minimum absolute atomic E-state index is 0.0651. The number of halogens is 4. The smallest absolute Gasteiger partial charge is 0.412 e. The molecule has 2 unspecified atom stereocenters. The number of anilines is 3. The number of hydrogen-bond donors (Lipinski definition) is 8. The summed E-state index contributed by atoms with van der Waals surface area (Å²) in [6, 6.07) is 4.45. The van der Waals surface area contributed by atoms with Crippen LogP contribution in [-0.2, 0) is 54.1 Å². The van der Waals surface area contributed by atoms with Crippen LogP contribution in [0.5, 0.6) is 5.75 Å². The van der Waals surface area contributed by atoms with Crippen molar-refractivity contribution in [1.29, 1.82) is 0 Å². The third kappa shape index (κ3) is 18.7. The molecule has 2 aromatic carbocycles. The van der Waals surface area contributed by atoms with Crippen molar-refractivity contribution in [3.63, 3.8) is 0 Å². The van der Waals surface area contributed by atoms with Gasteiger partial charge in [-0.1, -0.05) is 88.0 Å². The quantitative estimate of drug-likeness (QED) is 0.0207. The first-order valence-electron chi connectivity index (χ1n) is 27.5. The molecule has 27 heteroatoms. The minimum Gasteiger partial charge on any atom is -0.495 e. The van der Waals surface area contributed by atoms with Gasteiger partial charge in [-0.05, 0) is 117 Å². The second-order valence-corrected chi connectivity index (χ2v) is 24.3. The number of amides is 7. The summed E-state index contributed by atoms with van der Waals surface area (Å²) in [5, 5.41) is 29.1. The molecule has 23 nitrogen and oxygen atoms in total. The second-order valence-electron chi connectivity index (χ2n) is 21.9. The Labute approximate surface area is 520 Å². The first-order valence-corrected chi connectivity index (χ1v) is 30.9. The highest BCUT2D eigenvalue weighted by molar-refractivity contribution is 9.10. The molecule has 4 bridgehead atoms. The van der Waals surface area contributed by atoms with Crippen molar-refractivity contribution >= 4 is 125 Å². The summed E-state index contributed by atoms with van der Waals surface area (Å²) < 4.78 is 35.7. The zero-order valence-corrected chi connectivity index (χ0v) is 54.0. The van der Waals surface area contributed by atoms with Crippen LogP contribution in [0.15, 0.2) is 58.6 Å². The van der Waals surface area contributed by atoms with Crippen molar-refractivity contribution in [1.82, 2.24) is 21.3 Å². The van der Waals surface area contributed by atoms with E-state index in [9.17, 15) is 43.5 Å². The van der Waals surface area contributed by atoms with Gasteiger partial charge >= 0.3 is 18.2 Å². The number of nitrogens with one attached hydrogen (secondary N) is 6. The Morgan fingerprint density at radius 2 is 1.75 bits per heavy atom. The van der Waals surface area contributed by atoms with E-state index in [1.165, 1.54) is 44.4 Å². The molecule has 2 fully saturated rings. The lowest BCUT2D eigenvalue weighted by atomic mass is 9.83. The number of benzene rings is 2. The van der Waals surface area contributed by atoms with Gasteiger partial charge in [-0.25, -0.2) is 14.4 Å². The number of epoxide rings is 1. The number of alkyl halides is 2. The predicted molar refractivity (Wildman–Crippen MR) is 327 cm³/mol. The van der Waals surface area contributed by atoms with Crippen LogP contribution in [-0.4, -0.2) is 158 Å². The summed E-state index contributed by atoms with van der Waals surface area (Å²) in [4.78, 5) is 107. The number of urea groups is 1. The number of primary amides is 1. The summed E-state index contributed by atoms with van der Waals surface area (Å²) in [5.41, 5.74) is 3.42. The number of hydrogen-bond acceptors (Lipinski definition) is 16. The topological polar surface area (TPSA) is 317 Å². The molecule has 5 rings (SSSR count). The number of aldehydes is 2. The lowest BCUT2D eigenvalue weighted by Gasteiger charge is -2.42. The fourth-order valence-corrected chi connectivity index (χ4v) is 12.4. The number of carbonyl (C=O) groups excluding carboxylic acids is 8. The van der Waals surface area contributed by atoms with Gasteiger partial charge in [0, 0.05) is 53.9 Å². The maximum Gasteiger partial charge on any atom is 0.412 e. The second kappa shape index (κ2) is 31.5. The molecular formula is C57H78Br3ClN8O15. The minimum atomic E-state index is -1.90. The monoisotopic (exact) mass is 1390 g/mol. The number of aliphatic hydroxyl groups is 1.